The Morgan fingerprint density at radius 2 is 2.10 bits per heavy atom. The summed E-state index contributed by atoms with van der Waals surface area (Å²) in [6.07, 6.45) is 0. The van der Waals surface area contributed by atoms with Gasteiger partial charge in [0.25, 0.3) is 0 Å². The molecule has 0 atom stereocenters. The van der Waals surface area contributed by atoms with Crippen molar-refractivity contribution in [3.8, 4) is 0 Å². The molecule has 1 aromatic rings. The Balaban J connectivity index is 2.61. The van der Waals surface area contributed by atoms with Crippen LogP contribution in [0.15, 0.2) is 23.1 Å². The van der Waals surface area contributed by atoms with E-state index < -0.39 is 15.8 Å². The molecule has 0 aliphatic heterocycles. The zero-order chi connectivity index (χ0) is 15.9. The van der Waals surface area contributed by atoms with Crippen molar-refractivity contribution in [3.63, 3.8) is 0 Å². The van der Waals surface area contributed by atoms with Crippen molar-refractivity contribution in [2.75, 3.05) is 40.4 Å². The molecular formula is C13H22FN3O3S. The summed E-state index contributed by atoms with van der Waals surface area (Å²) in [4.78, 5) is 1.96. The van der Waals surface area contributed by atoms with Gasteiger partial charge in [0, 0.05) is 38.9 Å². The van der Waals surface area contributed by atoms with Gasteiger partial charge in [-0.3, -0.25) is 0 Å². The number of ether oxygens (including phenoxy) is 1. The predicted octanol–water partition coefficient (Wildman–Crippen LogP) is 0.141. The number of likely N-dealkylation sites (N-methyl/N-ethyl adjacent to an activating group) is 1. The van der Waals surface area contributed by atoms with Crippen molar-refractivity contribution < 1.29 is 17.5 Å². The molecule has 1 rings (SSSR count). The van der Waals surface area contributed by atoms with Crippen LogP contribution in [0.3, 0.4) is 0 Å². The van der Waals surface area contributed by atoms with Crippen LogP contribution in [0, 0.1) is 5.82 Å². The molecule has 0 aliphatic carbocycles. The van der Waals surface area contributed by atoms with Crippen LogP contribution in [0.4, 0.5) is 4.39 Å². The van der Waals surface area contributed by atoms with Crippen molar-refractivity contribution in [2.45, 2.75) is 11.4 Å². The fourth-order valence-corrected chi connectivity index (χ4v) is 2.76. The second-order valence-corrected chi connectivity index (χ2v) is 6.42. The first-order valence-corrected chi connectivity index (χ1v) is 8.04. The van der Waals surface area contributed by atoms with E-state index >= 15 is 0 Å². The van der Waals surface area contributed by atoms with Gasteiger partial charge in [0.15, 0.2) is 0 Å². The van der Waals surface area contributed by atoms with Crippen molar-refractivity contribution in [1.29, 1.82) is 0 Å². The van der Waals surface area contributed by atoms with E-state index in [1.54, 1.807) is 7.11 Å². The molecule has 0 saturated heterocycles. The number of nitrogens with zero attached hydrogens (tertiary/aromatic N) is 1. The largest absolute Gasteiger partial charge is 0.383 e. The molecule has 120 valence electrons. The first-order valence-electron chi connectivity index (χ1n) is 6.56. The minimum Gasteiger partial charge on any atom is -0.383 e. The number of rotatable bonds is 9. The third kappa shape index (κ3) is 5.68. The lowest BCUT2D eigenvalue weighted by Gasteiger charge is -2.16. The van der Waals surface area contributed by atoms with Crippen molar-refractivity contribution >= 4 is 10.0 Å². The Labute approximate surface area is 125 Å². The second kappa shape index (κ2) is 8.40. The van der Waals surface area contributed by atoms with Crippen LogP contribution in [-0.4, -0.2) is 53.7 Å². The molecule has 0 bridgehead atoms. The molecule has 0 spiro atoms. The molecule has 0 aliphatic rings. The number of hydrogen-bond donors (Lipinski definition) is 2. The molecule has 6 nitrogen and oxygen atoms in total. The third-order valence-electron chi connectivity index (χ3n) is 3.01. The lowest BCUT2D eigenvalue weighted by molar-refractivity contribution is 0.162. The van der Waals surface area contributed by atoms with Gasteiger partial charge in [-0.05, 0) is 25.2 Å². The molecule has 0 heterocycles. The summed E-state index contributed by atoms with van der Waals surface area (Å²) < 4.78 is 44.9. The van der Waals surface area contributed by atoms with Gasteiger partial charge in [-0.15, -0.1) is 0 Å². The van der Waals surface area contributed by atoms with Crippen LogP contribution >= 0.6 is 0 Å². The van der Waals surface area contributed by atoms with Gasteiger partial charge in [-0.25, -0.2) is 17.5 Å². The van der Waals surface area contributed by atoms with E-state index in [0.717, 1.165) is 6.07 Å². The fraction of sp³-hybridized carbons (Fsp3) is 0.538. The molecule has 1 aromatic carbocycles. The lowest BCUT2D eigenvalue weighted by atomic mass is 10.2. The molecule has 0 radical (unpaired) electrons. The lowest BCUT2D eigenvalue weighted by Crippen LogP contribution is -2.34. The summed E-state index contributed by atoms with van der Waals surface area (Å²) in [6, 6.07) is 3.60. The number of methoxy groups -OCH3 is 1. The van der Waals surface area contributed by atoms with Gasteiger partial charge in [0.2, 0.25) is 10.0 Å². The summed E-state index contributed by atoms with van der Waals surface area (Å²) in [5.74, 6) is -0.504. The topological polar surface area (TPSA) is 84.7 Å². The highest BCUT2D eigenvalue weighted by Gasteiger charge is 2.15. The minimum absolute atomic E-state index is 0.0175. The van der Waals surface area contributed by atoms with Gasteiger partial charge in [0.05, 0.1) is 11.5 Å². The van der Waals surface area contributed by atoms with E-state index in [0.29, 0.717) is 19.7 Å². The zero-order valence-electron chi connectivity index (χ0n) is 12.3. The molecule has 0 saturated carbocycles. The number of sulfonamides is 1. The van der Waals surface area contributed by atoms with Gasteiger partial charge < -0.3 is 15.4 Å². The van der Waals surface area contributed by atoms with Gasteiger partial charge in [0.1, 0.15) is 5.82 Å². The van der Waals surface area contributed by atoms with Crippen LogP contribution < -0.4 is 10.5 Å². The number of halogens is 1. The van der Waals surface area contributed by atoms with Crippen molar-refractivity contribution in [1.82, 2.24) is 9.62 Å². The highest BCUT2D eigenvalue weighted by Crippen LogP contribution is 2.14. The molecule has 21 heavy (non-hydrogen) atoms. The van der Waals surface area contributed by atoms with Gasteiger partial charge in [-0.1, -0.05) is 0 Å². The quantitative estimate of drug-likeness (QED) is 0.676. The van der Waals surface area contributed by atoms with E-state index in [2.05, 4.69) is 4.72 Å². The predicted molar refractivity (Wildman–Crippen MR) is 78.9 cm³/mol. The summed E-state index contributed by atoms with van der Waals surface area (Å²) in [6.45, 7) is 2.06. The zero-order valence-corrected chi connectivity index (χ0v) is 13.1. The number of nitrogens with one attached hydrogen (secondary N) is 1. The summed E-state index contributed by atoms with van der Waals surface area (Å²) in [5, 5.41) is 0. The molecule has 0 unspecified atom stereocenters. The van der Waals surface area contributed by atoms with E-state index in [1.807, 2.05) is 11.9 Å². The third-order valence-corrected chi connectivity index (χ3v) is 4.47. The fourth-order valence-electron chi connectivity index (χ4n) is 1.69. The normalized spacial score (nSPS) is 12.0. The van der Waals surface area contributed by atoms with E-state index in [9.17, 15) is 12.8 Å². The highest BCUT2D eigenvalue weighted by atomic mass is 32.2. The average molecular weight is 319 g/mol. The molecular weight excluding hydrogens is 297 g/mol. The maximum atomic E-state index is 13.3. The highest BCUT2D eigenvalue weighted by molar-refractivity contribution is 7.89. The van der Waals surface area contributed by atoms with Crippen LogP contribution in [-0.2, 0) is 21.3 Å². The van der Waals surface area contributed by atoms with Crippen molar-refractivity contribution in [2.24, 2.45) is 5.73 Å². The molecule has 0 fully saturated rings. The Morgan fingerprint density at radius 3 is 2.71 bits per heavy atom. The monoisotopic (exact) mass is 319 g/mol. The van der Waals surface area contributed by atoms with Crippen LogP contribution in [0.2, 0.25) is 0 Å². The van der Waals surface area contributed by atoms with E-state index in [4.69, 9.17) is 10.5 Å². The Bertz CT molecular complexity index is 552. The summed E-state index contributed by atoms with van der Waals surface area (Å²) >= 11 is 0. The standard InChI is InChI=1S/C13H22FN3O3S/c1-17(7-8-20-2)6-5-16-21(18,19)12-3-4-13(14)11(9-12)10-15/h3-4,9,16H,5-8,10,15H2,1-2H3. The number of hydrogen-bond acceptors (Lipinski definition) is 5. The van der Waals surface area contributed by atoms with E-state index in [1.165, 1.54) is 12.1 Å². The second-order valence-electron chi connectivity index (χ2n) is 4.65. The first kappa shape index (κ1) is 18.0. The molecule has 0 amide bonds. The average Bonchev–Trinajstić information content (AvgIpc) is 2.45. The van der Waals surface area contributed by atoms with Crippen LogP contribution in [0.25, 0.3) is 0 Å². The molecule has 3 N–H and O–H groups in total. The number of nitrogens with two attached hydrogens (primary N) is 1. The maximum absolute atomic E-state index is 13.3. The maximum Gasteiger partial charge on any atom is 0.240 e. The van der Waals surface area contributed by atoms with Crippen LogP contribution in [0.1, 0.15) is 5.56 Å². The summed E-state index contributed by atoms with van der Waals surface area (Å²) in [5.41, 5.74) is 5.55. The Kier molecular flexibility index (Phi) is 7.20. The number of benzene rings is 1. The van der Waals surface area contributed by atoms with Crippen LogP contribution in [0.5, 0.6) is 0 Å². The van der Waals surface area contributed by atoms with Crippen molar-refractivity contribution in [3.05, 3.63) is 29.6 Å². The Morgan fingerprint density at radius 1 is 1.38 bits per heavy atom. The van der Waals surface area contributed by atoms with Gasteiger partial charge in [-0.2, -0.15) is 0 Å². The minimum atomic E-state index is -3.66. The van der Waals surface area contributed by atoms with Gasteiger partial charge >= 0.3 is 0 Å². The first-order chi connectivity index (χ1) is 9.90. The molecule has 0 aromatic heterocycles. The van der Waals surface area contributed by atoms with E-state index in [-0.39, 0.29) is 23.5 Å². The molecule has 8 heteroatoms. The smallest absolute Gasteiger partial charge is 0.240 e. The summed E-state index contributed by atoms with van der Waals surface area (Å²) in [7, 11) is -0.172. The Hall–Kier alpha value is -1.06. The SMILES string of the molecule is COCCN(C)CCNS(=O)(=O)c1ccc(F)c(CN)c1.